The Morgan fingerprint density at radius 3 is 2.70 bits per heavy atom. The van der Waals surface area contributed by atoms with Crippen LogP contribution in [0.3, 0.4) is 0 Å². The zero-order valence-corrected chi connectivity index (χ0v) is 11.5. The summed E-state index contributed by atoms with van der Waals surface area (Å²) in [7, 11) is 0. The monoisotopic (exact) mass is 271 g/mol. The van der Waals surface area contributed by atoms with Gasteiger partial charge in [0.05, 0.1) is 0 Å². The minimum atomic E-state index is -1.04. The van der Waals surface area contributed by atoms with E-state index in [0.29, 0.717) is 11.5 Å². The predicted octanol–water partition coefficient (Wildman–Crippen LogP) is 3.48. The molecule has 1 aromatic heterocycles. The van der Waals surface area contributed by atoms with Crippen molar-refractivity contribution in [2.45, 2.75) is 26.4 Å². The number of carbonyl (C=O) groups is 1. The number of hydrogen-bond acceptors (Lipinski definition) is 3. The molecule has 0 aliphatic heterocycles. The van der Waals surface area contributed by atoms with Gasteiger partial charge in [0, 0.05) is 11.8 Å². The lowest BCUT2D eigenvalue weighted by atomic mass is 10.0. The lowest BCUT2D eigenvalue weighted by Gasteiger charge is -2.14. The Morgan fingerprint density at radius 2 is 2.00 bits per heavy atom. The quantitative estimate of drug-likeness (QED) is 0.904. The van der Waals surface area contributed by atoms with Gasteiger partial charge in [-0.15, -0.1) is 0 Å². The van der Waals surface area contributed by atoms with Crippen LogP contribution in [0.4, 0.5) is 0 Å². The average molecular weight is 271 g/mol. The maximum absolute atomic E-state index is 11.1. The molecule has 0 amide bonds. The fourth-order valence-electron chi connectivity index (χ4n) is 1.99. The van der Waals surface area contributed by atoms with Gasteiger partial charge in [-0.05, 0) is 23.6 Å². The van der Waals surface area contributed by atoms with Gasteiger partial charge < -0.3 is 9.84 Å². The highest BCUT2D eigenvalue weighted by Crippen LogP contribution is 2.26. The molecule has 0 radical (unpaired) electrons. The molecule has 1 aromatic carbocycles. The summed E-state index contributed by atoms with van der Waals surface area (Å²) in [6.45, 7) is 4.38. The van der Waals surface area contributed by atoms with Crippen molar-refractivity contribution in [3.05, 3.63) is 59.4 Å². The second kappa shape index (κ2) is 6.19. The fraction of sp³-hybridized carbons (Fsp3) is 0.250. The van der Waals surface area contributed by atoms with Crippen LogP contribution in [0.25, 0.3) is 0 Å². The van der Waals surface area contributed by atoms with E-state index >= 15 is 0 Å². The van der Waals surface area contributed by atoms with E-state index in [2.05, 4.69) is 18.8 Å². The normalized spacial score (nSPS) is 10.6. The molecule has 104 valence electrons. The number of aromatic nitrogens is 1. The summed E-state index contributed by atoms with van der Waals surface area (Å²) in [6.07, 6.45) is 1.47. The van der Waals surface area contributed by atoms with Gasteiger partial charge in [-0.3, -0.25) is 0 Å². The lowest BCUT2D eigenvalue weighted by Crippen LogP contribution is -2.08. The summed E-state index contributed by atoms with van der Waals surface area (Å²) < 4.78 is 5.77. The predicted molar refractivity (Wildman–Crippen MR) is 76.1 cm³/mol. The van der Waals surface area contributed by atoms with E-state index < -0.39 is 5.97 Å². The van der Waals surface area contributed by atoms with Crippen LogP contribution < -0.4 is 4.74 Å². The van der Waals surface area contributed by atoms with Gasteiger partial charge in [-0.2, -0.15) is 0 Å². The van der Waals surface area contributed by atoms with E-state index in [1.807, 2.05) is 24.3 Å². The minimum Gasteiger partial charge on any atom is -0.489 e. The van der Waals surface area contributed by atoms with Gasteiger partial charge in [0.15, 0.2) is 5.69 Å². The molecule has 0 spiro atoms. The van der Waals surface area contributed by atoms with Crippen molar-refractivity contribution in [1.29, 1.82) is 0 Å². The van der Waals surface area contributed by atoms with Crippen molar-refractivity contribution in [2.24, 2.45) is 0 Å². The number of benzene rings is 1. The molecule has 1 heterocycles. The summed E-state index contributed by atoms with van der Waals surface area (Å²) in [4.78, 5) is 15.0. The van der Waals surface area contributed by atoms with Crippen LogP contribution in [0.2, 0.25) is 0 Å². The van der Waals surface area contributed by atoms with Crippen LogP contribution in [0.1, 0.15) is 41.4 Å². The van der Waals surface area contributed by atoms with Crippen LogP contribution in [0.5, 0.6) is 5.75 Å². The van der Waals surface area contributed by atoms with Crippen LogP contribution in [-0.2, 0) is 6.61 Å². The summed E-state index contributed by atoms with van der Waals surface area (Å²) in [5.74, 6) is 0.0862. The van der Waals surface area contributed by atoms with Crippen molar-refractivity contribution >= 4 is 5.97 Å². The minimum absolute atomic E-state index is 0.0366. The number of ether oxygens (including phenoxy) is 1. The molecular weight excluding hydrogens is 254 g/mol. The van der Waals surface area contributed by atoms with Crippen LogP contribution in [0, 0.1) is 0 Å². The molecule has 2 aromatic rings. The molecule has 4 heteroatoms. The first-order valence-corrected chi connectivity index (χ1v) is 6.48. The molecule has 0 aliphatic rings. The van der Waals surface area contributed by atoms with Crippen molar-refractivity contribution in [2.75, 3.05) is 0 Å². The van der Waals surface area contributed by atoms with Gasteiger partial charge in [0.25, 0.3) is 0 Å². The molecule has 1 N–H and O–H groups in total. The molecule has 2 rings (SSSR count). The highest BCUT2D eigenvalue weighted by Gasteiger charge is 2.12. The molecule has 0 bridgehead atoms. The van der Waals surface area contributed by atoms with Gasteiger partial charge in [-0.25, -0.2) is 9.78 Å². The highest BCUT2D eigenvalue weighted by atomic mass is 16.5. The van der Waals surface area contributed by atoms with Crippen LogP contribution >= 0.6 is 0 Å². The summed E-state index contributed by atoms with van der Waals surface area (Å²) in [5.41, 5.74) is 1.71. The zero-order chi connectivity index (χ0) is 14.5. The zero-order valence-electron chi connectivity index (χ0n) is 11.5. The molecule has 0 saturated heterocycles. The van der Waals surface area contributed by atoms with E-state index in [-0.39, 0.29) is 12.3 Å². The SMILES string of the molecule is CC(C)c1ccccc1OCc1cccnc1C(=O)O. The Labute approximate surface area is 118 Å². The van der Waals surface area contributed by atoms with Crippen LogP contribution in [-0.4, -0.2) is 16.1 Å². The third-order valence-corrected chi connectivity index (χ3v) is 3.02. The van der Waals surface area contributed by atoms with E-state index in [4.69, 9.17) is 9.84 Å². The molecule has 0 fully saturated rings. The van der Waals surface area contributed by atoms with Crippen molar-refractivity contribution in [3.63, 3.8) is 0 Å². The van der Waals surface area contributed by atoms with Gasteiger partial charge >= 0.3 is 5.97 Å². The van der Waals surface area contributed by atoms with Gasteiger partial charge in [-0.1, -0.05) is 38.1 Å². The summed E-state index contributed by atoms with van der Waals surface area (Å²) in [5, 5.41) is 9.09. The Bertz CT molecular complexity index is 608. The molecular formula is C16H17NO3. The van der Waals surface area contributed by atoms with E-state index in [1.165, 1.54) is 6.20 Å². The van der Waals surface area contributed by atoms with Gasteiger partial charge in [0.1, 0.15) is 12.4 Å². The van der Waals surface area contributed by atoms with Crippen molar-refractivity contribution < 1.29 is 14.6 Å². The van der Waals surface area contributed by atoms with Crippen molar-refractivity contribution in [3.8, 4) is 5.75 Å². The van der Waals surface area contributed by atoms with E-state index in [0.717, 1.165) is 11.3 Å². The number of hydrogen-bond donors (Lipinski definition) is 1. The van der Waals surface area contributed by atoms with Crippen LogP contribution in [0.15, 0.2) is 42.6 Å². The summed E-state index contributed by atoms with van der Waals surface area (Å²) >= 11 is 0. The lowest BCUT2D eigenvalue weighted by molar-refractivity contribution is 0.0687. The van der Waals surface area contributed by atoms with E-state index in [1.54, 1.807) is 12.1 Å². The summed E-state index contributed by atoms with van der Waals surface area (Å²) in [6, 6.07) is 11.2. The number of pyridine rings is 1. The first-order chi connectivity index (χ1) is 9.59. The Morgan fingerprint density at radius 1 is 1.25 bits per heavy atom. The first kappa shape index (κ1) is 14.1. The first-order valence-electron chi connectivity index (χ1n) is 6.48. The third kappa shape index (κ3) is 3.15. The molecule has 0 unspecified atom stereocenters. The topological polar surface area (TPSA) is 59.4 Å². The number of aromatic carboxylic acids is 1. The van der Waals surface area contributed by atoms with Gasteiger partial charge in [0.2, 0.25) is 0 Å². The number of carboxylic acid groups (broad SMARTS) is 1. The second-order valence-corrected chi connectivity index (χ2v) is 4.80. The smallest absolute Gasteiger partial charge is 0.354 e. The Balaban J connectivity index is 2.20. The second-order valence-electron chi connectivity index (χ2n) is 4.80. The van der Waals surface area contributed by atoms with E-state index in [9.17, 15) is 4.79 Å². The maximum atomic E-state index is 11.1. The number of rotatable bonds is 5. The van der Waals surface area contributed by atoms with Crippen molar-refractivity contribution in [1.82, 2.24) is 4.98 Å². The highest BCUT2D eigenvalue weighted by molar-refractivity contribution is 5.86. The molecule has 4 nitrogen and oxygen atoms in total. The molecule has 0 aliphatic carbocycles. The Hall–Kier alpha value is -2.36. The average Bonchev–Trinajstić information content (AvgIpc) is 2.45. The Kier molecular flexibility index (Phi) is 4.35. The maximum Gasteiger partial charge on any atom is 0.354 e. The number of nitrogens with zero attached hydrogens (tertiary/aromatic N) is 1. The fourth-order valence-corrected chi connectivity index (χ4v) is 1.99. The molecule has 0 saturated carbocycles. The molecule has 0 atom stereocenters. The molecule has 20 heavy (non-hydrogen) atoms. The third-order valence-electron chi connectivity index (χ3n) is 3.02. The number of carboxylic acids is 1. The number of para-hydroxylation sites is 1. The largest absolute Gasteiger partial charge is 0.489 e. The standard InChI is InChI=1S/C16H17NO3/c1-11(2)13-7-3-4-8-14(13)20-10-12-6-5-9-17-15(12)16(18)19/h3-9,11H,10H2,1-2H3,(H,18,19).